The molecule has 0 spiro atoms. The molecule has 4 nitrogen and oxygen atoms in total. The van der Waals surface area contributed by atoms with Crippen LogP contribution in [0.15, 0.2) is 0 Å². The van der Waals surface area contributed by atoms with Gasteiger partial charge in [0.2, 0.25) is 0 Å². The van der Waals surface area contributed by atoms with E-state index < -0.39 is 24.4 Å². The average Bonchev–Trinajstić information content (AvgIpc) is 2.18. The highest BCUT2D eigenvalue weighted by molar-refractivity contribution is 7.80. The van der Waals surface area contributed by atoms with Crippen molar-refractivity contribution in [3.63, 3.8) is 0 Å². The molecule has 0 aliphatic heterocycles. The topological polar surface area (TPSA) is 69.9 Å². The Labute approximate surface area is 89.3 Å². The molecule has 0 amide bonds. The standard InChI is InChI=1S/C9H18O4S/c1-5-4-6(13-2-3-14)8(11)9(12)7(5)10/h5-12,14H,2-4H2,1H3/t5?,6-,7+,8?,9-/m0/s1. The van der Waals surface area contributed by atoms with E-state index in [4.69, 9.17) is 4.74 Å². The number of hydrogen-bond donors (Lipinski definition) is 4. The summed E-state index contributed by atoms with van der Waals surface area (Å²) < 4.78 is 5.34. The molecule has 84 valence electrons. The fraction of sp³-hybridized carbons (Fsp3) is 1.00. The van der Waals surface area contributed by atoms with Gasteiger partial charge in [-0.1, -0.05) is 6.92 Å². The molecule has 0 bridgehead atoms. The van der Waals surface area contributed by atoms with Crippen molar-refractivity contribution in [2.24, 2.45) is 5.92 Å². The molecule has 1 aliphatic rings. The summed E-state index contributed by atoms with van der Waals surface area (Å²) in [4.78, 5) is 0. The minimum atomic E-state index is -1.11. The van der Waals surface area contributed by atoms with Crippen LogP contribution in [-0.2, 0) is 4.74 Å². The Morgan fingerprint density at radius 1 is 1.21 bits per heavy atom. The van der Waals surface area contributed by atoms with Crippen LogP contribution in [0.4, 0.5) is 0 Å². The van der Waals surface area contributed by atoms with Crippen LogP contribution < -0.4 is 0 Å². The molecule has 0 aromatic rings. The van der Waals surface area contributed by atoms with Crippen molar-refractivity contribution >= 4 is 12.6 Å². The maximum Gasteiger partial charge on any atom is 0.109 e. The first-order valence-electron chi connectivity index (χ1n) is 4.84. The lowest BCUT2D eigenvalue weighted by molar-refractivity contribution is -0.168. The smallest absolute Gasteiger partial charge is 0.109 e. The van der Waals surface area contributed by atoms with E-state index in [1.807, 2.05) is 6.92 Å². The Bertz CT molecular complexity index is 178. The van der Waals surface area contributed by atoms with Crippen LogP contribution in [0.3, 0.4) is 0 Å². The number of aliphatic hydroxyl groups is 3. The van der Waals surface area contributed by atoms with Crippen molar-refractivity contribution in [2.75, 3.05) is 12.4 Å². The molecule has 0 heterocycles. The van der Waals surface area contributed by atoms with Gasteiger partial charge in [-0.05, 0) is 12.3 Å². The Morgan fingerprint density at radius 2 is 1.86 bits per heavy atom. The second-order valence-corrected chi connectivity index (χ2v) is 4.26. The van der Waals surface area contributed by atoms with Crippen LogP contribution >= 0.6 is 12.6 Å². The summed E-state index contributed by atoms with van der Waals surface area (Å²) in [5.74, 6) is 0.522. The molecule has 1 saturated carbocycles. The highest BCUT2D eigenvalue weighted by atomic mass is 32.1. The zero-order valence-electron chi connectivity index (χ0n) is 8.21. The fourth-order valence-electron chi connectivity index (χ4n) is 1.77. The van der Waals surface area contributed by atoms with Crippen molar-refractivity contribution in [2.45, 2.75) is 37.8 Å². The van der Waals surface area contributed by atoms with Crippen molar-refractivity contribution in [3.8, 4) is 0 Å². The van der Waals surface area contributed by atoms with Crippen molar-refractivity contribution < 1.29 is 20.1 Å². The number of ether oxygens (including phenoxy) is 1. The average molecular weight is 222 g/mol. The Balaban J connectivity index is 2.52. The molecule has 0 aromatic carbocycles. The first-order valence-corrected chi connectivity index (χ1v) is 5.47. The van der Waals surface area contributed by atoms with Gasteiger partial charge in [-0.3, -0.25) is 0 Å². The van der Waals surface area contributed by atoms with E-state index in [-0.39, 0.29) is 5.92 Å². The maximum absolute atomic E-state index is 9.59. The van der Waals surface area contributed by atoms with Gasteiger partial charge in [0, 0.05) is 5.75 Å². The summed E-state index contributed by atoms with van der Waals surface area (Å²) >= 11 is 3.99. The van der Waals surface area contributed by atoms with Gasteiger partial charge in [-0.15, -0.1) is 0 Å². The van der Waals surface area contributed by atoms with Gasteiger partial charge in [0.1, 0.15) is 12.2 Å². The second-order valence-electron chi connectivity index (χ2n) is 3.82. The third-order valence-corrected chi connectivity index (χ3v) is 2.87. The van der Waals surface area contributed by atoms with Crippen LogP contribution in [0.25, 0.3) is 0 Å². The Hall–Kier alpha value is 0.190. The van der Waals surface area contributed by atoms with Gasteiger partial charge >= 0.3 is 0 Å². The maximum atomic E-state index is 9.59. The van der Waals surface area contributed by atoms with E-state index in [0.29, 0.717) is 18.8 Å². The number of rotatable bonds is 3. The van der Waals surface area contributed by atoms with E-state index in [0.717, 1.165) is 0 Å². The number of hydrogen-bond acceptors (Lipinski definition) is 5. The molecule has 0 aromatic heterocycles. The lowest BCUT2D eigenvalue weighted by Gasteiger charge is -2.38. The normalized spacial score (nSPS) is 43.9. The van der Waals surface area contributed by atoms with E-state index in [9.17, 15) is 15.3 Å². The predicted molar refractivity (Wildman–Crippen MR) is 55.4 cm³/mol. The van der Waals surface area contributed by atoms with Gasteiger partial charge in [-0.25, -0.2) is 0 Å². The molecule has 0 radical (unpaired) electrons. The molecule has 5 heteroatoms. The quantitative estimate of drug-likeness (QED) is 0.482. The molecule has 0 saturated heterocycles. The van der Waals surface area contributed by atoms with Gasteiger partial charge in [0.15, 0.2) is 0 Å². The highest BCUT2D eigenvalue weighted by Gasteiger charge is 2.41. The molecule has 3 N–H and O–H groups in total. The molecule has 1 aliphatic carbocycles. The number of aliphatic hydroxyl groups excluding tert-OH is 3. The molecule has 5 atom stereocenters. The zero-order chi connectivity index (χ0) is 10.7. The molecular formula is C9H18O4S. The van der Waals surface area contributed by atoms with Crippen LogP contribution in [0.5, 0.6) is 0 Å². The lowest BCUT2D eigenvalue weighted by atomic mass is 9.82. The SMILES string of the molecule is CC1C[C@H](OCCS)C(O)[C@@H](O)[C@@H]1O. The summed E-state index contributed by atoms with van der Waals surface area (Å²) in [7, 11) is 0. The lowest BCUT2D eigenvalue weighted by Crippen LogP contribution is -2.53. The molecule has 14 heavy (non-hydrogen) atoms. The van der Waals surface area contributed by atoms with E-state index in [2.05, 4.69) is 12.6 Å². The summed E-state index contributed by atoms with van der Waals surface area (Å²) in [5, 5.41) is 28.6. The van der Waals surface area contributed by atoms with Crippen molar-refractivity contribution in [3.05, 3.63) is 0 Å². The van der Waals surface area contributed by atoms with Gasteiger partial charge < -0.3 is 20.1 Å². The Kier molecular flexibility index (Phi) is 4.66. The summed E-state index contributed by atoms with van der Waals surface area (Å²) in [6, 6.07) is 0. The van der Waals surface area contributed by atoms with Gasteiger partial charge in [0.25, 0.3) is 0 Å². The predicted octanol–water partition coefficient (Wildman–Crippen LogP) is -0.576. The van der Waals surface area contributed by atoms with E-state index in [1.54, 1.807) is 0 Å². The molecule has 1 rings (SSSR count). The molecular weight excluding hydrogens is 204 g/mol. The summed E-state index contributed by atoms with van der Waals surface area (Å²) in [5.41, 5.74) is 0. The third kappa shape index (κ3) is 2.61. The summed E-state index contributed by atoms with van der Waals surface area (Å²) in [6.07, 6.45) is -2.80. The third-order valence-electron chi connectivity index (χ3n) is 2.69. The monoisotopic (exact) mass is 222 g/mol. The Morgan fingerprint density at radius 3 is 2.43 bits per heavy atom. The van der Waals surface area contributed by atoms with Crippen LogP contribution in [-0.4, -0.2) is 52.1 Å². The van der Waals surface area contributed by atoms with Crippen LogP contribution in [0.1, 0.15) is 13.3 Å². The first-order chi connectivity index (χ1) is 6.57. The highest BCUT2D eigenvalue weighted by Crippen LogP contribution is 2.27. The van der Waals surface area contributed by atoms with Crippen molar-refractivity contribution in [1.82, 2.24) is 0 Å². The van der Waals surface area contributed by atoms with Crippen LogP contribution in [0.2, 0.25) is 0 Å². The number of thiol groups is 1. The minimum absolute atomic E-state index is 0.0571. The van der Waals surface area contributed by atoms with Crippen LogP contribution in [0, 0.1) is 5.92 Å². The van der Waals surface area contributed by atoms with E-state index in [1.165, 1.54) is 0 Å². The van der Waals surface area contributed by atoms with Gasteiger partial charge in [0.05, 0.1) is 18.8 Å². The zero-order valence-corrected chi connectivity index (χ0v) is 9.10. The van der Waals surface area contributed by atoms with Crippen molar-refractivity contribution in [1.29, 1.82) is 0 Å². The van der Waals surface area contributed by atoms with Gasteiger partial charge in [-0.2, -0.15) is 12.6 Å². The van der Waals surface area contributed by atoms with E-state index >= 15 is 0 Å². The molecule has 1 fully saturated rings. The largest absolute Gasteiger partial charge is 0.390 e. The fourth-order valence-corrected chi connectivity index (χ4v) is 1.88. The molecule has 2 unspecified atom stereocenters. The summed E-state index contributed by atoms with van der Waals surface area (Å²) in [6.45, 7) is 2.27. The minimum Gasteiger partial charge on any atom is -0.390 e. The second kappa shape index (κ2) is 5.32. The first kappa shape index (κ1) is 12.3.